The van der Waals surface area contributed by atoms with E-state index < -0.39 is 0 Å². The van der Waals surface area contributed by atoms with Gasteiger partial charge in [-0.15, -0.1) is 0 Å². The summed E-state index contributed by atoms with van der Waals surface area (Å²) in [7, 11) is 2.04. The van der Waals surface area contributed by atoms with Gasteiger partial charge in [-0.05, 0) is 22.9 Å². The molecule has 1 aliphatic heterocycles. The van der Waals surface area contributed by atoms with Crippen LogP contribution in [0.2, 0.25) is 0 Å². The predicted molar refractivity (Wildman–Crippen MR) is 62.8 cm³/mol. The smallest absolute Gasteiger partial charge is 0.203 e. The molecule has 0 aromatic carbocycles. The van der Waals surface area contributed by atoms with Gasteiger partial charge in [0.15, 0.2) is 4.67 Å². The lowest BCUT2D eigenvalue weighted by Crippen LogP contribution is -2.16. The fraction of sp³-hybridized carbons (Fsp3) is 0.364. The van der Waals surface area contributed by atoms with Crippen LogP contribution in [0.1, 0.15) is 23.1 Å². The van der Waals surface area contributed by atoms with Gasteiger partial charge in [-0.25, -0.2) is 4.98 Å². The molecule has 0 saturated heterocycles. The zero-order valence-electron chi connectivity index (χ0n) is 9.03. The molecule has 0 N–H and O–H groups in total. The molecule has 0 amide bonds. The lowest BCUT2D eigenvalue weighted by molar-refractivity contribution is 0.467. The van der Waals surface area contributed by atoms with Gasteiger partial charge in [-0.3, -0.25) is 0 Å². The van der Waals surface area contributed by atoms with Crippen LogP contribution < -0.4 is 4.90 Å². The van der Waals surface area contributed by atoms with E-state index in [1.807, 2.05) is 14.0 Å². The monoisotopic (exact) mass is 282 g/mol. The zero-order valence-corrected chi connectivity index (χ0v) is 10.6. The number of hydrogen-bond acceptors (Lipinski definition) is 4. The number of likely N-dealkylation sites (N-methyl/N-ethyl adjacent to an activating group) is 1. The van der Waals surface area contributed by atoms with Gasteiger partial charge in [0.25, 0.3) is 0 Å². The van der Waals surface area contributed by atoms with Crippen molar-refractivity contribution in [2.75, 3.05) is 18.5 Å². The van der Waals surface area contributed by atoms with Crippen LogP contribution in [0.25, 0.3) is 0 Å². The number of furan rings is 1. The third kappa shape index (κ3) is 1.31. The second-order valence-electron chi connectivity index (χ2n) is 4.07. The van der Waals surface area contributed by atoms with Crippen molar-refractivity contribution in [3.05, 3.63) is 34.3 Å². The Balaban J connectivity index is 2.09. The average molecular weight is 283 g/mol. The standard InChI is InChI=1S/C11H11BrN2O2/c1-6-4-16-11(13-6)7-3-14(2)8-5-15-10(12)9(7)8/h4-5,7H,3H2,1-2H3. The maximum absolute atomic E-state index is 5.48. The Kier molecular flexibility index (Phi) is 2.10. The maximum atomic E-state index is 5.48. The molecule has 3 heterocycles. The number of halogens is 1. The zero-order chi connectivity index (χ0) is 11.3. The number of fused-ring (bicyclic) bond motifs is 1. The molecule has 1 aliphatic rings. The summed E-state index contributed by atoms with van der Waals surface area (Å²) in [6.45, 7) is 2.80. The summed E-state index contributed by atoms with van der Waals surface area (Å²) in [5.74, 6) is 0.909. The molecule has 0 aliphatic carbocycles. The Labute approximate surface area is 101 Å². The van der Waals surface area contributed by atoms with Crippen LogP contribution in [0.15, 0.2) is 26.0 Å². The van der Waals surface area contributed by atoms with Gasteiger partial charge < -0.3 is 13.7 Å². The molecule has 1 atom stereocenters. The number of aryl methyl sites for hydroxylation is 1. The number of aromatic nitrogens is 1. The largest absolute Gasteiger partial charge is 0.455 e. The highest BCUT2D eigenvalue weighted by molar-refractivity contribution is 9.10. The minimum absolute atomic E-state index is 0.154. The molecular weight excluding hydrogens is 272 g/mol. The molecule has 1 unspecified atom stereocenters. The first-order valence-electron chi connectivity index (χ1n) is 5.07. The molecule has 84 valence electrons. The van der Waals surface area contributed by atoms with E-state index in [-0.39, 0.29) is 5.92 Å². The highest BCUT2D eigenvalue weighted by Gasteiger charge is 2.35. The number of oxazole rings is 1. The number of hydrogen-bond donors (Lipinski definition) is 0. The van der Waals surface area contributed by atoms with Crippen molar-refractivity contribution >= 4 is 21.6 Å². The quantitative estimate of drug-likeness (QED) is 0.807. The van der Waals surface area contributed by atoms with Crippen molar-refractivity contribution in [3.8, 4) is 0 Å². The summed E-state index contributed by atoms with van der Waals surface area (Å²) in [5.41, 5.74) is 3.14. The van der Waals surface area contributed by atoms with Gasteiger partial charge in [0, 0.05) is 19.2 Å². The van der Waals surface area contributed by atoms with Crippen LogP contribution in [0, 0.1) is 6.92 Å². The van der Waals surface area contributed by atoms with Gasteiger partial charge in [0.2, 0.25) is 5.89 Å². The molecule has 0 bridgehead atoms. The van der Waals surface area contributed by atoms with E-state index in [1.165, 1.54) is 0 Å². The Morgan fingerprint density at radius 2 is 2.25 bits per heavy atom. The van der Waals surface area contributed by atoms with Crippen LogP contribution in [-0.2, 0) is 0 Å². The van der Waals surface area contributed by atoms with E-state index in [2.05, 4.69) is 25.8 Å². The molecule has 5 heteroatoms. The molecule has 0 fully saturated rings. The lowest BCUT2D eigenvalue weighted by Gasteiger charge is -2.10. The Morgan fingerprint density at radius 3 is 2.94 bits per heavy atom. The minimum Gasteiger partial charge on any atom is -0.455 e. The highest BCUT2D eigenvalue weighted by atomic mass is 79.9. The second kappa shape index (κ2) is 3.38. The van der Waals surface area contributed by atoms with Gasteiger partial charge in [0.1, 0.15) is 12.5 Å². The van der Waals surface area contributed by atoms with E-state index >= 15 is 0 Å². The van der Waals surface area contributed by atoms with Crippen LogP contribution in [0.4, 0.5) is 5.69 Å². The summed E-state index contributed by atoms with van der Waals surface area (Å²) in [4.78, 5) is 6.54. The van der Waals surface area contributed by atoms with Crippen molar-refractivity contribution in [1.82, 2.24) is 4.98 Å². The molecule has 0 spiro atoms. The van der Waals surface area contributed by atoms with Crippen LogP contribution in [-0.4, -0.2) is 18.6 Å². The Hall–Kier alpha value is -1.23. The molecule has 3 rings (SSSR count). The van der Waals surface area contributed by atoms with E-state index in [0.29, 0.717) is 0 Å². The number of nitrogens with zero attached hydrogens (tertiary/aromatic N) is 2. The van der Waals surface area contributed by atoms with Crippen LogP contribution in [0.5, 0.6) is 0 Å². The van der Waals surface area contributed by atoms with Gasteiger partial charge in [-0.1, -0.05) is 0 Å². The minimum atomic E-state index is 0.154. The maximum Gasteiger partial charge on any atom is 0.203 e. The first kappa shape index (κ1) is 9.96. The fourth-order valence-corrected chi connectivity index (χ4v) is 2.72. The molecule has 2 aromatic heterocycles. The van der Waals surface area contributed by atoms with Crippen molar-refractivity contribution < 1.29 is 8.83 Å². The molecule has 4 nitrogen and oxygen atoms in total. The van der Waals surface area contributed by atoms with E-state index in [1.54, 1.807) is 12.5 Å². The topological polar surface area (TPSA) is 42.4 Å². The molecule has 0 saturated carbocycles. The first-order chi connectivity index (χ1) is 7.66. The van der Waals surface area contributed by atoms with Crippen LogP contribution in [0.3, 0.4) is 0 Å². The second-order valence-corrected chi connectivity index (χ2v) is 4.79. The first-order valence-corrected chi connectivity index (χ1v) is 5.86. The fourth-order valence-electron chi connectivity index (χ4n) is 2.14. The summed E-state index contributed by atoms with van der Waals surface area (Å²) in [5, 5.41) is 0. The average Bonchev–Trinajstić information content (AvgIpc) is 2.88. The van der Waals surface area contributed by atoms with Crippen molar-refractivity contribution in [3.63, 3.8) is 0 Å². The summed E-state index contributed by atoms with van der Waals surface area (Å²) in [6, 6.07) is 0. The van der Waals surface area contributed by atoms with Crippen molar-refractivity contribution in [2.45, 2.75) is 12.8 Å². The number of anilines is 1. The van der Waals surface area contributed by atoms with E-state index in [0.717, 1.165) is 34.0 Å². The normalized spacial score (nSPS) is 19.2. The third-order valence-corrected chi connectivity index (χ3v) is 3.53. The molecule has 0 radical (unpaired) electrons. The highest BCUT2D eigenvalue weighted by Crippen LogP contribution is 2.44. The van der Waals surface area contributed by atoms with E-state index in [9.17, 15) is 0 Å². The summed E-state index contributed by atoms with van der Waals surface area (Å²) < 4.78 is 11.6. The van der Waals surface area contributed by atoms with Gasteiger partial charge >= 0.3 is 0 Å². The van der Waals surface area contributed by atoms with E-state index in [4.69, 9.17) is 8.83 Å². The SMILES string of the molecule is Cc1coc(C2CN(C)c3coc(Br)c32)n1. The lowest BCUT2D eigenvalue weighted by atomic mass is 10.1. The molecule has 2 aromatic rings. The van der Waals surface area contributed by atoms with Gasteiger partial charge in [-0.2, -0.15) is 0 Å². The van der Waals surface area contributed by atoms with Crippen LogP contribution >= 0.6 is 15.9 Å². The Morgan fingerprint density at radius 1 is 1.44 bits per heavy atom. The Bertz CT molecular complexity index is 532. The van der Waals surface area contributed by atoms with Gasteiger partial charge in [0.05, 0.1) is 17.3 Å². The summed E-state index contributed by atoms with van der Waals surface area (Å²) >= 11 is 3.43. The third-order valence-electron chi connectivity index (χ3n) is 2.91. The molecule has 16 heavy (non-hydrogen) atoms. The van der Waals surface area contributed by atoms with Crippen molar-refractivity contribution in [2.24, 2.45) is 0 Å². The predicted octanol–water partition coefficient (Wildman–Crippen LogP) is 2.92. The molecular formula is C11H11BrN2O2. The summed E-state index contributed by atoms with van der Waals surface area (Å²) in [6.07, 6.45) is 3.44. The number of rotatable bonds is 1. The van der Waals surface area contributed by atoms with Crippen molar-refractivity contribution in [1.29, 1.82) is 0 Å².